The molecule has 0 radical (unpaired) electrons. The van der Waals surface area contributed by atoms with Gasteiger partial charge in [-0.2, -0.15) is 4.98 Å². The number of nitrogens with zero attached hydrogens (tertiary/aromatic N) is 3. The van der Waals surface area contributed by atoms with Gasteiger partial charge in [0.2, 0.25) is 5.89 Å². The van der Waals surface area contributed by atoms with Crippen LogP contribution in [-0.2, 0) is 6.54 Å². The molecule has 6 heteroatoms. The van der Waals surface area contributed by atoms with E-state index in [0.29, 0.717) is 18.3 Å². The zero-order chi connectivity index (χ0) is 9.97. The molecule has 2 aromatic rings. The summed E-state index contributed by atoms with van der Waals surface area (Å²) in [4.78, 5) is 8.32. The first-order chi connectivity index (χ1) is 6.74. The van der Waals surface area contributed by atoms with E-state index in [2.05, 4.69) is 20.4 Å². The van der Waals surface area contributed by atoms with E-state index in [-0.39, 0.29) is 0 Å². The van der Waals surface area contributed by atoms with Crippen molar-refractivity contribution < 1.29 is 4.52 Å². The molecule has 0 saturated carbocycles. The smallest absolute Gasteiger partial charge is 0.223 e. The fraction of sp³-hybridized carbons (Fsp3) is 0.375. The number of anilines is 1. The standard InChI is InChI=1S/C8H10N4OS/c1-5-4-14-8(10-5)9-3-7-11-6(2)13-12-7/h4H,3H2,1-2H3,(H,9,10). The molecular weight excluding hydrogens is 200 g/mol. The lowest BCUT2D eigenvalue weighted by Crippen LogP contribution is -2.00. The number of rotatable bonds is 3. The highest BCUT2D eigenvalue weighted by molar-refractivity contribution is 7.13. The summed E-state index contributed by atoms with van der Waals surface area (Å²) in [6.07, 6.45) is 0. The summed E-state index contributed by atoms with van der Waals surface area (Å²) in [7, 11) is 0. The summed E-state index contributed by atoms with van der Waals surface area (Å²) in [5.41, 5.74) is 1.02. The maximum absolute atomic E-state index is 4.84. The zero-order valence-electron chi connectivity index (χ0n) is 7.94. The topological polar surface area (TPSA) is 63.8 Å². The third-order valence-corrected chi connectivity index (χ3v) is 2.50. The van der Waals surface area contributed by atoms with Crippen LogP contribution in [0.1, 0.15) is 17.4 Å². The van der Waals surface area contributed by atoms with Crippen molar-refractivity contribution in [3.8, 4) is 0 Å². The van der Waals surface area contributed by atoms with E-state index in [1.165, 1.54) is 0 Å². The average molecular weight is 210 g/mol. The van der Waals surface area contributed by atoms with Crippen molar-refractivity contribution in [3.63, 3.8) is 0 Å². The van der Waals surface area contributed by atoms with Gasteiger partial charge in [0.05, 0.1) is 12.2 Å². The second kappa shape index (κ2) is 3.75. The van der Waals surface area contributed by atoms with Crippen molar-refractivity contribution in [2.45, 2.75) is 20.4 Å². The summed E-state index contributed by atoms with van der Waals surface area (Å²) in [5.74, 6) is 1.23. The number of aromatic nitrogens is 3. The van der Waals surface area contributed by atoms with Gasteiger partial charge in [-0.15, -0.1) is 11.3 Å². The van der Waals surface area contributed by atoms with E-state index in [4.69, 9.17) is 4.52 Å². The van der Waals surface area contributed by atoms with Crippen LogP contribution in [0.15, 0.2) is 9.90 Å². The molecule has 0 aliphatic rings. The Kier molecular flexibility index (Phi) is 2.45. The summed E-state index contributed by atoms with van der Waals surface area (Å²) < 4.78 is 4.84. The molecular formula is C8H10N4OS. The number of aryl methyl sites for hydroxylation is 2. The quantitative estimate of drug-likeness (QED) is 0.836. The molecule has 5 nitrogen and oxygen atoms in total. The van der Waals surface area contributed by atoms with E-state index in [9.17, 15) is 0 Å². The average Bonchev–Trinajstić information content (AvgIpc) is 2.72. The molecule has 0 fully saturated rings. The van der Waals surface area contributed by atoms with Crippen LogP contribution < -0.4 is 5.32 Å². The third kappa shape index (κ3) is 2.08. The lowest BCUT2D eigenvalue weighted by molar-refractivity contribution is 0.388. The first-order valence-corrected chi connectivity index (χ1v) is 5.07. The SMILES string of the molecule is Cc1csc(NCc2noc(C)n2)n1. The van der Waals surface area contributed by atoms with Crippen molar-refractivity contribution in [2.75, 3.05) is 5.32 Å². The summed E-state index contributed by atoms with van der Waals surface area (Å²) in [6.45, 7) is 4.27. The van der Waals surface area contributed by atoms with E-state index in [0.717, 1.165) is 10.8 Å². The monoisotopic (exact) mass is 210 g/mol. The second-order valence-corrected chi connectivity index (χ2v) is 3.74. The predicted octanol–water partition coefficient (Wildman–Crippen LogP) is 1.76. The fourth-order valence-corrected chi connectivity index (χ4v) is 1.69. The Morgan fingerprint density at radius 1 is 1.43 bits per heavy atom. The van der Waals surface area contributed by atoms with E-state index >= 15 is 0 Å². The normalized spacial score (nSPS) is 10.4. The van der Waals surface area contributed by atoms with Gasteiger partial charge in [-0.3, -0.25) is 0 Å². The Labute approximate surface area is 85.2 Å². The zero-order valence-corrected chi connectivity index (χ0v) is 8.76. The molecule has 2 rings (SSSR count). The van der Waals surface area contributed by atoms with Crippen LogP contribution in [0.25, 0.3) is 0 Å². The number of hydrogen-bond donors (Lipinski definition) is 1. The molecule has 2 aromatic heterocycles. The Morgan fingerprint density at radius 2 is 2.29 bits per heavy atom. The lowest BCUT2D eigenvalue weighted by Gasteiger charge is -1.95. The molecule has 74 valence electrons. The number of hydrogen-bond acceptors (Lipinski definition) is 6. The maximum Gasteiger partial charge on any atom is 0.223 e. The van der Waals surface area contributed by atoms with Gasteiger partial charge in [-0.1, -0.05) is 5.16 Å². The minimum atomic E-state index is 0.546. The maximum atomic E-state index is 4.84. The van der Waals surface area contributed by atoms with E-state index in [1.54, 1.807) is 18.3 Å². The summed E-state index contributed by atoms with van der Waals surface area (Å²) in [5, 5.41) is 9.75. The molecule has 2 heterocycles. The molecule has 1 N–H and O–H groups in total. The van der Waals surface area contributed by atoms with Crippen molar-refractivity contribution in [1.82, 2.24) is 15.1 Å². The molecule has 0 aromatic carbocycles. The van der Waals surface area contributed by atoms with Gasteiger partial charge in [-0.05, 0) is 6.92 Å². The lowest BCUT2D eigenvalue weighted by atomic mass is 10.6. The van der Waals surface area contributed by atoms with Crippen LogP contribution in [0.5, 0.6) is 0 Å². The third-order valence-electron chi connectivity index (χ3n) is 1.59. The van der Waals surface area contributed by atoms with Crippen molar-refractivity contribution in [1.29, 1.82) is 0 Å². The van der Waals surface area contributed by atoms with Crippen molar-refractivity contribution >= 4 is 16.5 Å². The van der Waals surface area contributed by atoms with Gasteiger partial charge in [0.1, 0.15) is 0 Å². The highest BCUT2D eigenvalue weighted by Gasteiger charge is 2.03. The first kappa shape index (κ1) is 9.14. The second-order valence-electron chi connectivity index (χ2n) is 2.88. The first-order valence-electron chi connectivity index (χ1n) is 4.19. The minimum absolute atomic E-state index is 0.546. The molecule has 0 unspecified atom stereocenters. The van der Waals surface area contributed by atoms with Crippen LogP contribution in [0.2, 0.25) is 0 Å². The molecule has 0 bridgehead atoms. The molecule has 0 amide bonds. The molecule has 0 atom stereocenters. The number of thiazole rings is 1. The van der Waals surface area contributed by atoms with Gasteiger partial charge in [0.15, 0.2) is 11.0 Å². The molecule has 0 spiro atoms. The van der Waals surface area contributed by atoms with Crippen molar-refractivity contribution in [3.05, 3.63) is 22.8 Å². The van der Waals surface area contributed by atoms with Crippen LogP contribution in [-0.4, -0.2) is 15.1 Å². The Hall–Kier alpha value is -1.43. The minimum Gasteiger partial charge on any atom is -0.354 e. The van der Waals surface area contributed by atoms with Gasteiger partial charge >= 0.3 is 0 Å². The van der Waals surface area contributed by atoms with Crippen LogP contribution in [0, 0.1) is 13.8 Å². The van der Waals surface area contributed by atoms with Crippen LogP contribution in [0.3, 0.4) is 0 Å². The molecule has 14 heavy (non-hydrogen) atoms. The molecule has 0 aliphatic carbocycles. The summed E-state index contributed by atoms with van der Waals surface area (Å²) in [6, 6.07) is 0. The van der Waals surface area contributed by atoms with Gasteiger partial charge in [0, 0.05) is 12.3 Å². The Bertz CT molecular complexity index is 382. The van der Waals surface area contributed by atoms with E-state index in [1.807, 2.05) is 12.3 Å². The van der Waals surface area contributed by atoms with Crippen LogP contribution in [0.4, 0.5) is 5.13 Å². The highest BCUT2D eigenvalue weighted by Crippen LogP contribution is 2.14. The van der Waals surface area contributed by atoms with E-state index < -0.39 is 0 Å². The number of nitrogens with one attached hydrogen (secondary N) is 1. The Balaban J connectivity index is 1.94. The summed E-state index contributed by atoms with van der Waals surface area (Å²) >= 11 is 1.57. The van der Waals surface area contributed by atoms with Gasteiger partial charge in [0.25, 0.3) is 0 Å². The van der Waals surface area contributed by atoms with Gasteiger partial charge in [-0.25, -0.2) is 4.98 Å². The fourth-order valence-electron chi connectivity index (χ4n) is 1.00. The van der Waals surface area contributed by atoms with Gasteiger partial charge < -0.3 is 9.84 Å². The Morgan fingerprint density at radius 3 is 2.86 bits per heavy atom. The molecule has 0 aliphatic heterocycles. The highest BCUT2D eigenvalue weighted by atomic mass is 32.1. The predicted molar refractivity (Wildman–Crippen MR) is 53.2 cm³/mol. The van der Waals surface area contributed by atoms with Crippen LogP contribution >= 0.6 is 11.3 Å². The molecule has 0 saturated heterocycles. The van der Waals surface area contributed by atoms with Crippen molar-refractivity contribution in [2.24, 2.45) is 0 Å². The largest absolute Gasteiger partial charge is 0.354 e.